The highest BCUT2D eigenvalue weighted by Gasteiger charge is 2.22. The van der Waals surface area contributed by atoms with Gasteiger partial charge < -0.3 is 24.6 Å². The number of ether oxygens (including phenoxy) is 2. The number of nitrogens with one attached hydrogen (secondary N) is 1. The van der Waals surface area contributed by atoms with E-state index in [1.807, 2.05) is 24.3 Å². The summed E-state index contributed by atoms with van der Waals surface area (Å²) in [5.41, 5.74) is 1.68. The van der Waals surface area contributed by atoms with E-state index in [0.717, 1.165) is 5.69 Å². The second-order valence-corrected chi connectivity index (χ2v) is 6.86. The van der Waals surface area contributed by atoms with Crippen LogP contribution in [0.2, 0.25) is 5.02 Å². The van der Waals surface area contributed by atoms with Crippen LogP contribution in [0.3, 0.4) is 0 Å². The molecule has 0 atom stereocenters. The molecule has 0 spiro atoms. The lowest BCUT2D eigenvalue weighted by molar-refractivity contribution is -0.0512. The van der Waals surface area contributed by atoms with Crippen LogP contribution >= 0.6 is 11.6 Å². The maximum absolute atomic E-state index is 12.5. The monoisotopic (exact) mass is 425 g/mol. The maximum atomic E-state index is 12.5. The number of amides is 2. The van der Waals surface area contributed by atoms with Crippen molar-refractivity contribution in [1.29, 1.82) is 0 Å². The van der Waals surface area contributed by atoms with Crippen LogP contribution in [0.5, 0.6) is 11.5 Å². The van der Waals surface area contributed by atoms with Crippen LogP contribution in [0.25, 0.3) is 0 Å². The Labute approximate surface area is 172 Å². The molecule has 0 aliphatic carbocycles. The first-order valence-corrected chi connectivity index (χ1v) is 9.49. The van der Waals surface area contributed by atoms with Gasteiger partial charge in [-0.1, -0.05) is 29.8 Å². The van der Waals surface area contributed by atoms with E-state index in [4.69, 9.17) is 16.3 Å². The van der Waals surface area contributed by atoms with E-state index in [1.54, 1.807) is 17.0 Å². The Bertz CT molecular complexity index is 845. The molecule has 0 aromatic heterocycles. The van der Waals surface area contributed by atoms with Gasteiger partial charge in [-0.25, -0.2) is 4.79 Å². The van der Waals surface area contributed by atoms with E-state index in [1.165, 1.54) is 13.2 Å². The predicted octanol–water partition coefficient (Wildman–Crippen LogP) is 3.98. The standard InChI is InChI=1S/C20H22ClF2N3O3/c1-28-18-12-14(6-7-17(18)29-19(22)23)13-24-20(27)26-10-8-25(9-11-26)16-5-3-2-4-15(16)21/h2-7,12,19H,8-11,13H2,1H3,(H,24,27). The molecular weight excluding hydrogens is 404 g/mol. The number of alkyl halides is 2. The van der Waals surface area contributed by atoms with Gasteiger partial charge in [0.25, 0.3) is 0 Å². The molecule has 156 valence electrons. The summed E-state index contributed by atoms with van der Waals surface area (Å²) in [5, 5.41) is 3.54. The molecule has 1 N–H and O–H groups in total. The van der Waals surface area contributed by atoms with Crippen LogP contribution in [0.4, 0.5) is 19.3 Å². The van der Waals surface area contributed by atoms with Crippen molar-refractivity contribution in [3.63, 3.8) is 0 Å². The molecule has 0 saturated carbocycles. The molecule has 0 unspecified atom stereocenters. The third kappa shape index (κ3) is 5.41. The Hall–Kier alpha value is -2.74. The molecule has 0 bridgehead atoms. The first-order chi connectivity index (χ1) is 14.0. The van der Waals surface area contributed by atoms with Crippen LogP contribution in [0, 0.1) is 0 Å². The van der Waals surface area contributed by atoms with Crippen molar-refractivity contribution < 1.29 is 23.0 Å². The van der Waals surface area contributed by atoms with Crippen molar-refractivity contribution in [3.8, 4) is 11.5 Å². The molecule has 1 fully saturated rings. The van der Waals surface area contributed by atoms with E-state index >= 15 is 0 Å². The molecule has 2 amide bonds. The fourth-order valence-electron chi connectivity index (χ4n) is 3.16. The number of hydrogen-bond donors (Lipinski definition) is 1. The van der Waals surface area contributed by atoms with E-state index in [2.05, 4.69) is 15.0 Å². The number of rotatable bonds is 6. The molecule has 0 radical (unpaired) electrons. The topological polar surface area (TPSA) is 54.0 Å². The van der Waals surface area contributed by atoms with Crippen LogP contribution in [-0.4, -0.2) is 50.8 Å². The van der Waals surface area contributed by atoms with Crippen molar-refractivity contribution in [3.05, 3.63) is 53.1 Å². The van der Waals surface area contributed by atoms with Crippen molar-refractivity contribution in [1.82, 2.24) is 10.2 Å². The van der Waals surface area contributed by atoms with Crippen molar-refractivity contribution in [2.45, 2.75) is 13.2 Å². The number of halogens is 3. The molecule has 2 aromatic rings. The number of carbonyl (C=O) groups is 1. The lowest BCUT2D eigenvalue weighted by Gasteiger charge is -2.36. The molecule has 1 saturated heterocycles. The zero-order chi connectivity index (χ0) is 20.8. The molecule has 6 nitrogen and oxygen atoms in total. The first-order valence-electron chi connectivity index (χ1n) is 9.12. The second kappa shape index (κ2) is 9.65. The Morgan fingerprint density at radius 1 is 1.14 bits per heavy atom. The zero-order valence-corrected chi connectivity index (χ0v) is 16.7. The summed E-state index contributed by atoms with van der Waals surface area (Å²) in [6, 6.07) is 12.0. The average molecular weight is 426 g/mol. The highest BCUT2D eigenvalue weighted by Crippen LogP contribution is 2.29. The minimum atomic E-state index is -2.93. The minimum Gasteiger partial charge on any atom is -0.493 e. The third-order valence-electron chi connectivity index (χ3n) is 4.65. The molecule has 3 rings (SSSR count). The summed E-state index contributed by atoms with van der Waals surface area (Å²) in [7, 11) is 1.37. The van der Waals surface area contributed by atoms with Gasteiger partial charge in [-0.15, -0.1) is 0 Å². The molecule has 1 aliphatic rings. The first kappa shape index (κ1) is 21.0. The molecular formula is C20H22ClF2N3O3. The summed E-state index contributed by atoms with van der Waals surface area (Å²) in [6.07, 6.45) is 0. The number of methoxy groups -OCH3 is 1. The summed E-state index contributed by atoms with van der Waals surface area (Å²) in [5.74, 6) is 0.138. The van der Waals surface area contributed by atoms with Gasteiger partial charge in [0.1, 0.15) is 0 Å². The fourth-order valence-corrected chi connectivity index (χ4v) is 3.42. The number of carbonyl (C=O) groups excluding carboxylic acids is 1. The van der Waals surface area contributed by atoms with Crippen LogP contribution in [0.15, 0.2) is 42.5 Å². The quantitative estimate of drug-likeness (QED) is 0.760. The smallest absolute Gasteiger partial charge is 0.387 e. The Morgan fingerprint density at radius 3 is 2.52 bits per heavy atom. The second-order valence-electron chi connectivity index (χ2n) is 6.45. The number of piperazine rings is 1. The lowest BCUT2D eigenvalue weighted by atomic mass is 10.2. The van der Waals surface area contributed by atoms with Crippen LogP contribution in [-0.2, 0) is 6.54 Å². The summed E-state index contributed by atoms with van der Waals surface area (Å²) in [6.45, 7) is -0.174. The van der Waals surface area contributed by atoms with Crippen LogP contribution < -0.4 is 19.7 Å². The van der Waals surface area contributed by atoms with E-state index in [-0.39, 0.29) is 24.1 Å². The zero-order valence-electron chi connectivity index (χ0n) is 15.9. The van der Waals surface area contributed by atoms with Gasteiger partial charge in [0.2, 0.25) is 0 Å². The largest absolute Gasteiger partial charge is 0.493 e. The Balaban J connectivity index is 1.52. The molecule has 29 heavy (non-hydrogen) atoms. The van der Waals surface area contributed by atoms with E-state index in [0.29, 0.717) is 36.8 Å². The number of nitrogens with zero attached hydrogens (tertiary/aromatic N) is 2. The van der Waals surface area contributed by atoms with Crippen molar-refractivity contribution in [2.24, 2.45) is 0 Å². The van der Waals surface area contributed by atoms with Gasteiger partial charge in [-0.05, 0) is 29.8 Å². The van der Waals surface area contributed by atoms with Gasteiger partial charge in [-0.3, -0.25) is 0 Å². The number of urea groups is 1. The SMILES string of the molecule is COc1cc(CNC(=O)N2CCN(c3ccccc3Cl)CC2)ccc1OC(F)F. The van der Waals surface area contributed by atoms with E-state index in [9.17, 15) is 13.6 Å². The normalized spacial score (nSPS) is 14.1. The summed E-state index contributed by atoms with van der Waals surface area (Å²) >= 11 is 6.24. The summed E-state index contributed by atoms with van der Waals surface area (Å²) in [4.78, 5) is 16.4. The highest BCUT2D eigenvalue weighted by molar-refractivity contribution is 6.33. The number of para-hydroxylation sites is 1. The molecule has 2 aromatic carbocycles. The average Bonchev–Trinajstić information content (AvgIpc) is 2.73. The lowest BCUT2D eigenvalue weighted by Crippen LogP contribution is -2.51. The predicted molar refractivity (Wildman–Crippen MR) is 107 cm³/mol. The van der Waals surface area contributed by atoms with Gasteiger partial charge in [-0.2, -0.15) is 8.78 Å². The highest BCUT2D eigenvalue weighted by atomic mass is 35.5. The van der Waals surface area contributed by atoms with E-state index < -0.39 is 6.61 Å². The molecule has 1 aliphatic heterocycles. The Morgan fingerprint density at radius 2 is 1.86 bits per heavy atom. The van der Waals surface area contributed by atoms with Gasteiger partial charge in [0.05, 0.1) is 17.8 Å². The van der Waals surface area contributed by atoms with Gasteiger partial charge >= 0.3 is 12.6 Å². The van der Waals surface area contributed by atoms with Crippen molar-refractivity contribution in [2.75, 3.05) is 38.2 Å². The third-order valence-corrected chi connectivity index (χ3v) is 4.97. The molecule has 1 heterocycles. The van der Waals surface area contributed by atoms with Gasteiger partial charge in [0.15, 0.2) is 11.5 Å². The summed E-state index contributed by atoms with van der Waals surface area (Å²) < 4.78 is 34.3. The fraction of sp³-hybridized carbons (Fsp3) is 0.350. The van der Waals surface area contributed by atoms with Gasteiger partial charge in [0, 0.05) is 32.7 Å². The number of hydrogen-bond acceptors (Lipinski definition) is 4. The van der Waals surface area contributed by atoms with Crippen molar-refractivity contribution >= 4 is 23.3 Å². The Kier molecular flexibility index (Phi) is 6.98. The minimum absolute atomic E-state index is 0.0479. The van der Waals surface area contributed by atoms with Crippen LogP contribution in [0.1, 0.15) is 5.56 Å². The number of benzene rings is 2. The maximum Gasteiger partial charge on any atom is 0.387 e. The molecule has 9 heteroatoms. The number of anilines is 1.